The van der Waals surface area contributed by atoms with Gasteiger partial charge < -0.3 is 15.5 Å². The molecule has 19 heavy (non-hydrogen) atoms. The summed E-state index contributed by atoms with van der Waals surface area (Å²) in [6.07, 6.45) is 1.66. The van der Waals surface area contributed by atoms with Crippen LogP contribution in [0.3, 0.4) is 0 Å². The van der Waals surface area contributed by atoms with Crippen molar-refractivity contribution in [2.75, 3.05) is 18.5 Å². The van der Waals surface area contributed by atoms with E-state index in [4.69, 9.17) is 5.11 Å². The van der Waals surface area contributed by atoms with Crippen molar-refractivity contribution in [2.24, 2.45) is 5.92 Å². The molecule has 1 atom stereocenters. The second-order valence-corrected chi connectivity index (χ2v) is 4.74. The summed E-state index contributed by atoms with van der Waals surface area (Å²) in [5, 5.41) is 21.4. The van der Waals surface area contributed by atoms with Crippen molar-refractivity contribution in [1.82, 2.24) is 4.98 Å². The summed E-state index contributed by atoms with van der Waals surface area (Å²) in [5.41, 5.74) is 2.14. The lowest BCUT2D eigenvalue weighted by molar-refractivity contribution is 0.0696. The van der Waals surface area contributed by atoms with Crippen LogP contribution in [-0.4, -0.2) is 34.3 Å². The molecule has 106 valence electrons. The number of hydrogen-bond donors (Lipinski definition) is 3. The van der Waals surface area contributed by atoms with E-state index in [1.54, 1.807) is 13.0 Å². The summed E-state index contributed by atoms with van der Waals surface area (Å²) < 4.78 is 0. The van der Waals surface area contributed by atoms with Crippen LogP contribution in [0.15, 0.2) is 6.07 Å². The number of aromatic nitrogens is 1. The van der Waals surface area contributed by atoms with Crippen molar-refractivity contribution in [3.63, 3.8) is 0 Å². The topological polar surface area (TPSA) is 82.5 Å². The number of carboxylic acid groups (broad SMARTS) is 1. The number of carboxylic acids is 1. The maximum absolute atomic E-state index is 11.3. The Balaban J connectivity index is 2.90. The molecule has 1 rings (SSSR count). The van der Waals surface area contributed by atoms with Crippen LogP contribution >= 0.6 is 0 Å². The fourth-order valence-electron chi connectivity index (χ4n) is 2.13. The number of nitrogens with zero attached hydrogens (tertiary/aromatic N) is 1. The zero-order chi connectivity index (χ0) is 14.4. The number of aliphatic hydroxyl groups is 1. The predicted molar refractivity (Wildman–Crippen MR) is 74.6 cm³/mol. The number of anilines is 1. The minimum absolute atomic E-state index is 0.153. The molecule has 0 saturated carbocycles. The molecular weight excluding hydrogens is 244 g/mol. The van der Waals surface area contributed by atoms with Crippen LogP contribution in [0, 0.1) is 19.8 Å². The van der Waals surface area contributed by atoms with Gasteiger partial charge in [-0.15, -0.1) is 0 Å². The van der Waals surface area contributed by atoms with Crippen molar-refractivity contribution >= 4 is 11.7 Å². The van der Waals surface area contributed by atoms with Crippen LogP contribution in [0.2, 0.25) is 0 Å². The standard InChI is InChI=1S/C14H22N2O3/c1-4-11(5-6-17)8-15-12-7-9(2)16-10(3)13(12)14(18)19/h7,11,17H,4-6,8H2,1-3H3,(H,15,16)(H,18,19). The Morgan fingerprint density at radius 3 is 2.68 bits per heavy atom. The largest absolute Gasteiger partial charge is 0.478 e. The fraction of sp³-hybridized carbons (Fsp3) is 0.571. The Bertz CT molecular complexity index is 447. The maximum atomic E-state index is 11.3. The summed E-state index contributed by atoms with van der Waals surface area (Å²) in [6.45, 7) is 6.41. The van der Waals surface area contributed by atoms with Crippen molar-refractivity contribution in [2.45, 2.75) is 33.6 Å². The first-order valence-corrected chi connectivity index (χ1v) is 6.55. The predicted octanol–water partition coefficient (Wildman–Crippen LogP) is 2.22. The molecule has 5 heteroatoms. The summed E-state index contributed by atoms with van der Waals surface area (Å²) in [7, 11) is 0. The van der Waals surface area contributed by atoms with Gasteiger partial charge in [-0.3, -0.25) is 4.98 Å². The van der Waals surface area contributed by atoms with Gasteiger partial charge in [0.25, 0.3) is 0 Å². The van der Waals surface area contributed by atoms with E-state index in [-0.39, 0.29) is 12.2 Å². The van der Waals surface area contributed by atoms with Gasteiger partial charge >= 0.3 is 5.97 Å². The van der Waals surface area contributed by atoms with Crippen molar-refractivity contribution in [3.8, 4) is 0 Å². The first-order valence-electron chi connectivity index (χ1n) is 6.55. The van der Waals surface area contributed by atoms with Crippen LogP contribution in [0.5, 0.6) is 0 Å². The molecule has 0 aliphatic carbocycles. The molecule has 0 radical (unpaired) electrons. The molecule has 1 unspecified atom stereocenters. The number of carbonyl (C=O) groups is 1. The second-order valence-electron chi connectivity index (χ2n) is 4.74. The maximum Gasteiger partial charge on any atom is 0.339 e. The molecular formula is C14H22N2O3. The third-order valence-corrected chi connectivity index (χ3v) is 3.24. The quantitative estimate of drug-likeness (QED) is 0.705. The number of nitrogens with one attached hydrogen (secondary N) is 1. The van der Waals surface area contributed by atoms with Crippen LogP contribution in [0.1, 0.15) is 41.5 Å². The highest BCUT2D eigenvalue weighted by molar-refractivity contribution is 5.95. The van der Waals surface area contributed by atoms with Crippen molar-refractivity contribution < 1.29 is 15.0 Å². The van der Waals surface area contributed by atoms with Crippen LogP contribution < -0.4 is 5.32 Å². The SMILES string of the molecule is CCC(CCO)CNc1cc(C)nc(C)c1C(=O)O. The lowest BCUT2D eigenvalue weighted by atomic mass is 10.0. The van der Waals surface area contributed by atoms with Gasteiger partial charge in [0.05, 0.1) is 11.4 Å². The van der Waals surface area contributed by atoms with E-state index in [2.05, 4.69) is 17.2 Å². The molecule has 3 N–H and O–H groups in total. The molecule has 0 aliphatic rings. The van der Waals surface area contributed by atoms with E-state index >= 15 is 0 Å². The number of aromatic carboxylic acids is 1. The van der Waals surface area contributed by atoms with E-state index in [1.165, 1.54) is 0 Å². The minimum atomic E-state index is -0.970. The van der Waals surface area contributed by atoms with E-state index in [9.17, 15) is 9.90 Å². The highest BCUT2D eigenvalue weighted by atomic mass is 16.4. The first-order chi connectivity index (χ1) is 8.99. The van der Waals surface area contributed by atoms with E-state index < -0.39 is 5.97 Å². The minimum Gasteiger partial charge on any atom is -0.478 e. The molecule has 0 aromatic carbocycles. The lowest BCUT2D eigenvalue weighted by Crippen LogP contribution is -2.18. The van der Waals surface area contributed by atoms with Crippen molar-refractivity contribution in [3.05, 3.63) is 23.0 Å². The molecule has 5 nitrogen and oxygen atoms in total. The lowest BCUT2D eigenvalue weighted by Gasteiger charge is -2.17. The Hall–Kier alpha value is -1.62. The van der Waals surface area contributed by atoms with Gasteiger partial charge in [-0.1, -0.05) is 13.3 Å². The Morgan fingerprint density at radius 1 is 1.47 bits per heavy atom. The molecule has 0 aliphatic heterocycles. The second kappa shape index (κ2) is 7.09. The van der Waals surface area contributed by atoms with Gasteiger partial charge in [0.15, 0.2) is 0 Å². The van der Waals surface area contributed by atoms with Gasteiger partial charge in [0.1, 0.15) is 5.56 Å². The van der Waals surface area contributed by atoms with E-state index in [0.717, 1.165) is 18.5 Å². The number of pyridine rings is 1. The molecule has 1 heterocycles. The average Bonchev–Trinajstić information content (AvgIpc) is 2.32. The molecule has 1 aromatic heterocycles. The Kier molecular flexibility index (Phi) is 5.76. The Labute approximate surface area is 113 Å². The van der Waals surface area contributed by atoms with E-state index in [0.29, 0.717) is 23.8 Å². The fourth-order valence-corrected chi connectivity index (χ4v) is 2.13. The number of aryl methyl sites for hydroxylation is 2. The molecule has 0 amide bonds. The third kappa shape index (κ3) is 4.21. The summed E-state index contributed by atoms with van der Waals surface area (Å²) in [4.78, 5) is 15.5. The third-order valence-electron chi connectivity index (χ3n) is 3.24. The smallest absolute Gasteiger partial charge is 0.339 e. The highest BCUT2D eigenvalue weighted by Gasteiger charge is 2.16. The van der Waals surface area contributed by atoms with Gasteiger partial charge in [-0.2, -0.15) is 0 Å². The average molecular weight is 266 g/mol. The number of rotatable bonds is 7. The van der Waals surface area contributed by atoms with Gasteiger partial charge in [-0.25, -0.2) is 4.79 Å². The molecule has 1 aromatic rings. The monoisotopic (exact) mass is 266 g/mol. The van der Waals surface area contributed by atoms with Gasteiger partial charge in [0.2, 0.25) is 0 Å². The Morgan fingerprint density at radius 2 is 2.16 bits per heavy atom. The summed E-state index contributed by atoms with van der Waals surface area (Å²) in [6, 6.07) is 1.75. The molecule has 0 bridgehead atoms. The van der Waals surface area contributed by atoms with Gasteiger partial charge in [-0.05, 0) is 32.3 Å². The van der Waals surface area contributed by atoms with Crippen LogP contribution in [-0.2, 0) is 0 Å². The summed E-state index contributed by atoms with van der Waals surface area (Å²) in [5.74, 6) is -0.636. The molecule has 0 fully saturated rings. The normalized spacial score (nSPS) is 12.2. The van der Waals surface area contributed by atoms with Crippen LogP contribution in [0.4, 0.5) is 5.69 Å². The molecule has 0 saturated heterocycles. The highest BCUT2D eigenvalue weighted by Crippen LogP contribution is 2.21. The zero-order valence-electron chi connectivity index (χ0n) is 11.7. The number of hydrogen-bond acceptors (Lipinski definition) is 4. The van der Waals surface area contributed by atoms with Crippen LogP contribution in [0.25, 0.3) is 0 Å². The molecule has 0 spiro atoms. The van der Waals surface area contributed by atoms with Gasteiger partial charge in [0, 0.05) is 18.8 Å². The van der Waals surface area contributed by atoms with E-state index in [1.807, 2.05) is 6.92 Å². The first kappa shape index (κ1) is 15.4. The zero-order valence-corrected chi connectivity index (χ0v) is 11.7. The summed E-state index contributed by atoms with van der Waals surface area (Å²) >= 11 is 0. The number of aliphatic hydroxyl groups excluding tert-OH is 1. The van der Waals surface area contributed by atoms with Crippen molar-refractivity contribution in [1.29, 1.82) is 0 Å².